The van der Waals surface area contributed by atoms with E-state index in [1.165, 1.54) is 6.20 Å². The van der Waals surface area contributed by atoms with Crippen LogP contribution in [0.2, 0.25) is 5.15 Å². The summed E-state index contributed by atoms with van der Waals surface area (Å²) in [5, 5.41) is 0.0508. The first-order chi connectivity index (χ1) is 5.88. The lowest BCUT2D eigenvalue weighted by atomic mass is 10.4. The van der Waals surface area contributed by atoms with Crippen molar-refractivity contribution in [2.75, 3.05) is 0 Å². The van der Waals surface area contributed by atoms with Gasteiger partial charge in [0.2, 0.25) is 0 Å². The molecule has 2 nitrogen and oxygen atoms in total. The van der Waals surface area contributed by atoms with Crippen LogP contribution >= 0.6 is 34.2 Å². The molecule has 0 atom stereocenters. The SMILES string of the molecule is FC(F)(F)Cc1ncc(I)c(Cl)n1. The molecule has 72 valence electrons. The van der Waals surface area contributed by atoms with Gasteiger partial charge in [-0.25, -0.2) is 9.97 Å². The molecule has 1 rings (SSSR count). The third-order valence-corrected chi connectivity index (χ3v) is 2.51. The van der Waals surface area contributed by atoms with E-state index in [0.717, 1.165) is 0 Å². The Morgan fingerprint density at radius 3 is 2.54 bits per heavy atom. The molecule has 1 aromatic rings. The van der Waals surface area contributed by atoms with Gasteiger partial charge in [0.1, 0.15) is 17.4 Å². The molecule has 0 spiro atoms. The number of nitrogens with zero attached hydrogens (tertiary/aromatic N) is 2. The Morgan fingerprint density at radius 2 is 2.08 bits per heavy atom. The molecule has 0 aliphatic rings. The second-order valence-electron chi connectivity index (χ2n) is 2.22. The molecule has 0 bridgehead atoms. The fourth-order valence-corrected chi connectivity index (χ4v) is 1.05. The van der Waals surface area contributed by atoms with Crippen LogP contribution in [0.1, 0.15) is 5.82 Å². The first-order valence-electron chi connectivity index (χ1n) is 3.12. The van der Waals surface area contributed by atoms with E-state index < -0.39 is 12.6 Å². The number of aromatic nitrogens is 2. The maximum absolute atomic E-state index is 11.8. The van der Waals surface area contributed by atoms with Crippen molar-refractivity contribution in [3.63, 3.8) is 0 Å². The zero-order valence-electron chi connectivity index (χ0n) is 6.07. The van der Waals surface area contributed by atoms with Gasteiger partial charge in [-0.15, -0.1) is 0 Å². The van der Waals surface area contributed by atoms with Crippen LogP contribution in [0.5, 0.6) is 0 Å². The van der Waals surface area contributed by atoms with E-state index in [1.54, 1.807) is 0 Å². The van der Waals surface area contributed by atoms with E-state index in [-0.39, 0.29) is 11.0 Å². The van der Waals surface area contributed by atoms with Gasteiger partial charge in [0.25, 0.3) is 0 Å². The van der Waals surface area contributed by atoms with Crippen LogP contribution in [0.15, 0.2) is 6.20 Å². The van der Waals surface area contributed by atoms with Gasteiger partial charge < -0.3 is 0 Å². The zero-order valence-corrected chi connectivity index (χ0v) is 8.98. The fraction of sp³-hybridized carbons (Fsp3) is 0.333. The molecule has 0 fully saturated rings. The molecule has 0 amide bonds. The van der Waals surface area contributed by atoms with E-state index in [9.17, 15) is 13.2 Å². The summed E-state index contributed by atoms with van der Waals surface area (Å²) >= 11 is 7.36. The Labute approximate surface area is 90.7 Å². The number of halogens is 5. The molecule has 0 radical (unpaired) electrons. The van der Waals surface area contributed by atoms with E-state index in [4.69, 9.17) is 11.6 Å². The minimum atomic E-state index is -4.30. The van der Waals surface area contributed by atoms with Gasteiger partial charge in [-0.3, -0.25) is 0 Å². The molecule has 0 saturated carbocycles. The highest BCUT2D eigenvalue weighted by Crippen LogP contribution is 2.21. The molecular weight excluding hydrogens is 319 g/mol. The van der Waals surface area contributed by atoms with E-state index in [0.29, 0.717) is 3.57 Å². The molecule has 0 N–H and O–H groups in total. The lowest BCUT2D eigenvalue weighted by Gasteiger charge is -2.04. The standard InChI is InChI=1S/C6H3ClF3IN2/c7-5-3(11)2-12-4(13-5)1-6(8,9)10/h2H,1H2. The second-order valence-corrected chi connectivity index (χ2v) is 3.74. The number of hydrogen-bond acceptors (Lipinski definition) is 2. The smallest absolute Gasteiger partial charge is 0.240 e. The molecule has 0 saturated heterocycles. The van der Waals surface area contributed by atoms with Crippen molar-refractivity contribution in [2.45, 2.75) is 12.6 Å². The molecule has 7 heteroatoms. The number of rotatable bonds is 1. The van der Waals surface area contributed by atoms with E-state index >= 15 is 0 Å². The van der Waals surface area contributed by atoms with Crippen LogP contribution in [0, 0.1) is 3.57 Å². The van der Waals surface area contributed by atoms with Crippen LogP contribution < -0.4 is 0 Å². The summed E-state index contributed by atoms with van der Waals surface area (Å²) < 4.78 is 36.1. The van der Waals surface area contributed by atoms with Crippen molar-refractivity contribution >= 4 is 34.2 Å². The molecule has 13 heavy (non-hydrogen) atoms. The molecule has 0 aromatic carbocycles. The highest BCUT2D eigenvalue weighted by Gasteiger charge is 2.29. The van der Waals surface area contributed by atoms with Crippen molar-refractivity contribution in [2.24, 2.45) is 0 Å². The summed E-state index contributed by atoms with van der Waals surface area (Å²) in [6.45, 7) is 0. The molecule has 0 aliphatic carbocycles. The maximum Gasteiger partial charge on any atom is 0.396 e. The summed E-state index contributed by atoms with van der Waals surface area (Å²) in [6, 6.07) is 0. The Bertz CT molecular complexity index is 315. The Morgan fingerprint density at radius 1 is 1.46 bits per heavy atom. The zero-order chi connectivity index (χ0) is 10.1. The monoisotopic (exact) mass is 322 g/mol. The summed E-state index contributed by atoms with van der Waals surface area (Å²) in [5.41, 5.74) is 0. The lowest BCUT2D eigenvalue weighted by Crippen LogP contribution is -2.14. The van der Waals surface area contributed by atoms with Crippen LogP contribution in [0.4, 0.5) is 13.2 Å². The first-order valence-corrected chi connectivity index (χ1v) is 4.58. The number of alkyl halides is 3. The van der Waals surface area contributed by atoms with Gasteiger partial charge in [0, 0.05) is 6.20 Å². The van der Waals surface area contributed by atoms with Gasteiger partial charge >= 0.3 is 6.18 Å². The molecular formula is C6H3ClF3IN2. The van der Waals surface area contributed by atoms with Crippen LogP contribution in [0.3, 0.4) is 0 Å². The van der Waals surface area contributed by atoms with Crippen LogP contribution in [0.25, 0.3) is 0 Å². The maximum atomic E-state index is 11.8. The predicted molar refractivity (Wildman–Crippen MR) is 49.5 cm³/mol. The van der Waals surface area contributed by atoms with Crippen molar-refractivity contribution in [3.05, 3.63) is 20.7 Å². The number of hydrogen-bond donors (Lipinski definition) is 0. The predicted octanol–water partition coefficient (Wildman–Crippen LogP) is 2.84. The van der Waals surface area contributed by atoms with Gasteiger partial charge in [-0.2, -0.15) is 13.2 Å². The minimum absolute atomic E-state index is 0.0508. The first kappa shape index (κ1) is 11.0. The lowest BCUT2D eigenvalue weighted by molar-refractivity contribution is -0.128. The van der Waals surface area contributed by atoms with Gasteiger partial charge in [-0.05, 0) is 22.6 Å². The van der Waals surface area contributed by atoms with Crippen molar-refractivity contribution in [1.82, 2.24) is 9.97 Å². The largest absolute Gasteiger partial charge is 0.396 e. The Balaban J connectivity index is 2.86. The fourth-order valence-electron chi connectivity index (χ4n) is 0.644. The highest BCUT2D eigenvalue weighted by molar-refractivity contribution is 14.1. The third kappa shape index (κ3) is 3.63. The molecule has 0 aliphatic heterocycles. The van der Waals surface area contributed by atoms with Crippen LogP contribution in [-0.4, -0.2) is 16.1 Å². The normalized spacial score (nSPS) is 11.8. The van der Waals surface area contributed by atoms with E-state index in [2.05, 4.69) is 9.97 Å². The molecule has 0 unspecified atom stereocenters. The quantitative estimate of drug-likeness (QED) is 0.587. The highest BCUT2D eigenvalue weighted by atomic mass is 127. The van der Waals surface area contributed by atoms with E-state index in [1.807, 2.05) is 22.6 Å². The van der Waals surface area contributed by atoms with Crippen LogP contribution in [-0.2, 0) is 6.42 Å². The van der Waals surface area contributed by atoms with Gasteiger partial charge in [0.15, 0.2) is 0 Å². The average Bonchev–Trinajstić information content (AvgIpc) is 1.94. The van der Waals surface area contributed by atoms with Crippen molar-refractivity contribution in [1.29, 1.82) is 0 Å². The Kier molecular flexibility index (Phi) is 3.33. The second kappa shape index (κ2) is 3.95. The summed E-state index contributed by atoms with van der Waals surface area (Å²) in [7, 11) is 0. The summed E-state index contributed by atoms with van der Waals surface area (Å²) in [4.78, 5) is 6.99. The topological polar surface area (TPSA) is 25.8 Å². The van der Waals surface area contributed by atoms with Gasteiger partial charge in [-0.1, -0.05) is 11.6 Å². The van der Waals surface area contributed by atoms with Crippen molar-refractivity contribution < 1.29 is 13.2 Å². The molecule has 1 aromatic heterocycles. The Hall–Kier alpha value is -0.110. The van der Waals surface area contributed by atoms with Gasteiger partial charge in [0.05, 0.1) is 3.57 Å². The summed E-state index contributed by atoms with van der Waals surface area (Å²) in [6.07, 6.45) is -4.18. The minimum Gasteiger partial charge on any atom is -0.240 e. The third-order valence-electron chi connectivity index (χ3n) is 1.11. The average molecular weight is 322 g/mol. The molecule has 1 heterocycles. The summed E-state index contributed by atoms with van der Waals surface area (Å²) in [5.74, 6) is -0.307. The van der Waals surface area contributed by atoms with Crippen molar-refractivity contribution in [3.8, 4) is 0 Å².